The minimum absolute atomic E-state index is 0.0642. The number of hydrogen-bond acceptors (Lipinski definition) is 6. The fraction of sp³-hybridized carbons (Fsp3) is 0.591. The number of carbonyl (C=O) groups is 1. The van der Waals surface area contributed by atoms with Gasteiger partial charge in [0.2, 0.25) is 5.91 Å². The van der Waals surface area contributed by atoms with Crippen LogP contribution in [-0.2, 0) is 4.79 Å². The molecule has 2 aromatic rings. The number of hydrogen-bond donors (Lipinski definition) is 1. The van der Waals surface area contributed by atoms with E-state index in [0.717, 1.165) is 35.3 Å². The van der Waals surface area contributed by atoms with E-state index in [0.29, 0.717) is 11.8 Å². The Bertz CT molecular complexity index is 816. The van der Waals surface area contributed by atoms with Crippen molar-refractivity contribution in [2.75, 3.05) is 12.9 Å². The fourth-order valence-electron chi connectivity index (χ4n) is 3.71. The third kappa shape index (κ3) is 5.90. The highest BCUT2D eigenvalue weighted by Crippen LogP contribution is 2.28. The Hall–Kier alpha value is -2.22. The van der Waals surface area contributed by atoms with Crippen LogP contribution in [0.5, 0.6) is 11.5 Å². The summed E-state index contributed by atoms with van der Waals surface area (Å²) in [4.78, 5) is 12.4. The molecule has 1 atom stereocenters. The molecule has 30 heavy (non-hydrogen) atoms. The van der Waals surface area contributed by atoms with E-state index in [1.807, 2.05) is 35.8 Å². The number of ether oxygens (including phenoxy) is 2. The highest BCUT2D eigenvalue weighted by molar-refractivity contribution is 7.99. The first-order chi connectivity index (χ1) is 14.5. The lowest BCUT2D eigenvalue weighted by molar-refractivity contribution is -0.119. The quantitative estimate of drug-likeness (QED) is 0.586. The van der Waals surface area contributed by atoms with Gasteiger partial charge in [0.05, 0.1) is 12.9 Å². The van der Waals surface area contributed by atoms with Gasteiger partial charge in [0.25, 0.3) is 0 Å². The molecule has 7 nitrogen and oxygen atoms in total. The smallest absolute Gasteiger partial charge is 0.230 e. The number of carbonyl (C=O) groups excluding carboxylic acids is 1. The molecule has 1 amide bonds. The van der Waals surface area contributed by atoms with Gasteiger partial charge < -0.3 is 19.4 Å². The molecular weight excluding hydrogens is 400 g/mol. The minimum atomic E-state index is -0.279. The highest BCUT2D eigenvalue weighted by Gasteiger charge is 2.23. The van der Waals surface area contributed by atoms with Crippen LogP contribution in [0.1, 0.15) is 70.8 Å². The molecule has 1 aliphatic carbocycles. The average Bonchev–Trinajstić information content (AvgIpc) is 3.18. The van der Waals surface area contributed by atoms with Crippen molar-refractivity contribution in [2.45, 2.75) is 76.2 Å². The maximum atomic E-state index is 12.4. The van der Waals surface area contributed by atoms with E-state index in [1.165, 1.54) is 31.0 Å². The van der Waals surface area contributed by atoms with Crippen molar-refractivity contribution >= 4 is 17.7 Å². The van der Waals surface area contributed by atoms with Gasteiger partial charge in [0.1, 0.15) is 11.5 Å². The van der Waals surface area contributed by atoms with Gasteiger partial charge in [0.15, 0.2) is 17.1 Å². The summed E-state index contributed by atoms with van der Waals surface area (Å²) in [6, 6.07) is 7.94. The van der Waals surface area contributed by atoms with Gasteiger partial charge in [-0.2, -0.15) is 0 Å². The third-order valence-corrected chi connectivity index (χ3v) is 6.19. The van der Waals surface area contributed by atoms with Gasteiger partial charge in [0, 0.05) is 12.1 Å². The second-order valence-electron chi connectivity index (χ2n) is 7.93. The number of rotatable bonds is 9. The maximum absolute atomic E-state index is 12.4. The van der Waals surface area contributed by atoms with Crippen molar-refractivity contribution in [3.8, 4) is 11.5 Å². The molecule has 1 N–H and O–H groups in total. The zero-order chi connectivity index (χ0) is 21.5. The zero-order valence-electron chi connectivity index (χ0n) is 18.3. The van der Waals surface area contributed by atoms with Gasteiger partial charge in [-0.3, -0.25) is 4.79 Å². The van der Waals surface area contributed by atoms with Gasteiger partial charge in [-0.15, -0.1) is 10.2 Å². The van der Waals surface area contributed by atoms with Crippen LogP contribution < -0.4 is 14.8 Å². The Morgan fingerprint density at radius 2 is 1.80 bits per heavy atom. The molecule has 0 radical (unpaired) electrons. The summed E-state index contributed by atoms with van der Waals surface area (Å²) < 4.78 is 13.3. The SMILES string of the molecule is COc1ccc(OC(C)c2nnc(SCC(=O)NC3CCCCC3)n2C(C)C)cc1. The lowest BCUT2D eigenvalue weighted by atomic mass is 9.95. The summed E-state index contributed by atoms with van der Waals surface area (Å²) in [5.74, 6) is 2.67. The first-order valence-corrected chi connectivity index (χ1v) is 11.6. The molecule has 0 aliphatic heterocycles. The fourth-order valence-corrected chi connectivity index (χ4v) is 4.59. The number of thioether (sulfide) groups is 1. The molecule has 1 fully saturated rings. The molecule has 1 aromatic carbocycles. The first kappa shape index (κ1) is 22.5. The summed E-state index contributed by atoms with van der Waals surface area (Å²) >= 11 is 1.43. The number of benzene rings is 1. The van der Waals surface area contributed by atoms with Crippen LogP contribution in [0.15, 0.2) is 29.4 Å². The predicted octanol–water partition coefficient (Wildman–Crippen LogP) is 4.55. The van der Waals surface area contributed by atoms with E-state index >= 15 is 0 Å². The second-order valence-corrected chi connectivity index (χ2v) is 8.87. The van der Waals surface area contributed by atoms with Crippen molar-refractivity contribution < 1.29 is 14.3 Å². The van der Waals surface area contributed by atoms with Crippen LogP contribution >= 0.6 is 11.8 Å². The van der Waals surface area contributed by atoms with Crippen LogP contribution in [0.4, 0.5) is 0 Å². The topological polar surface area (TPSA) is 78.3 Å². The van der Waals surface area contributed by atoms with E-state index in [4.69, 9.17) is 9.47 Å². The van der Waals surface area contributed by atoms with Gasteiger partial charge in [-0.05, 0) is 57.9 Å². The monoisotopic (exact) mass is 432 g/mol. The molecule has 164 valence electrons. The van der Waals surface area contributed by atoms with E-state index in [9.17, 15) is 4.79 Å². The minimum Gasteiger partial charge on any atom is -0.497 e. The molecule has 1 unspecified atom stereocenters. The summed E-state index contributed by atoms with van der Waals surface area (Å²) in [6.07, 6.45) is 5.58. The molecule has 1 heterocycles. The van der Waals surface area contributed by atoms with Crippen molar-refractivity contribution in [3.05, 3.63) is 30.1 Å². The van der Waals surface area contributed by atoms with Crippen molar-refractivity contribution in [1.29, 1.82) is 0 Å². The molecule has 8 heteroatoms. The van der Waals surface area contributed by atoms with Crippen LogP contribution in [0, 0.1) is 0 Å². The summed E-state index contributed by atoms with van der Waals surface area (Å²) in [5, 5.41) is 12.6. The normalized spacial score (nSPS) is 15.8. The number of amides is 1. The largest absolute Gasteiger partial charge is 0.497 e. The van der Waals surface area contributed by atoms with Crippen molar-refractivity contribution in [3.63, 3.8) is 0 Å². The molecule has 0 spiro atoms. The lowest BCUT2D eigenvalue weighted by Gasteiger charge is -2.22. The molecule has 3 rings (SSSR count). The summed E-state index contributed by atoms with van der Waals surface area (Å²) in [6.45, 7) is 6.12. The van der Waals surface area contributed by atoms with E-state index < -0.39 is 0 Å². The number of nitrogens with zero attached hydrogens (tertiary/aromatic N) is 3. The van der Waals surface area contributed by atoms with Crippen LogP contribution in [0.2, 0.25) is 0 Å². The first-order valence-electron chi connectivity index (χ1n) is 10.7. The Labute approximate surface area is 182 Å². The average molecular weight is 433 g/mol. The van der Waals surface area contributed by atoms with Crippen LogP contribution in [0.3, 0.4) is 0 Å². The zero-order valence-corrected chi connectivity index (χ0v) is 19.1. The van der Waals surface area contributed by atoms with Crippen molar-refractivity contribution in [2.24, 2.45) is 0 Å². The Morgan fingerprint density at radius 1 is 1.13 bits per heavy atom. The lowest BCUT2D eigenvalue weighted by Crippen LogP contribution is -2.37. The van der Waals surface area contributed by atoms with E-state index in [2.05, 4.69) is 29.4 Å². The number of methoxy groups -OCH3 is 1. The van der Waals surface area contributed by atoms with Gasteiger partial charge >= 0.3 is 0 Å². The number of aromatic nitrogens is 3. The molecule has 1 aliphatic rings. The van der Waals surface area contributed by atoms with Gasteiger partial charge in [-0.1, -0.05) is 31.0 Å². The number of nitrogens with one attached hydrogen (secondary N) is 1. The van der Waals surface area contributed by atoms with Crippen LogP contribution in [0.25, 0.3) is 0 Å². The molecule has 1 saturated carbocycles. The maximum Gasteiger partial charge on any atom is 0.230 e. The van der Waals surface area contributed by atoms with Crippen molar-refractivity contribution in [1.82, 2.24) is 20.1 Å². The molecule has 0 saturated heterocycles. The summed E-state index contributed by atoms with van der Waals surface area (Å²) in [5.41, 5.74) is 0. The summed E-state index contributed by atoms with van der Waals surface area (Å²) in [7, 11) is 1.64. The Morgan fingerprint density at radius 3 is 2.43 bits per heavy atom. The molecular formula is C22H32N4O3S. The van der Waals surface area contributed by atoms with E-state index in [-0.39, 0.29) is 18.1 Å². The molecule has 0 bridgehead atoms. The predicted molar refractivity (Wildman–Crippen MR) is 118 cm³/mol. The molecule has 1 aromatic heterocycles. The second kappa shape index (κ2) is 10.7. The highest BCUT2D eigenvalue weighted by atomic mass is 32.2. The standard InChI is InChI=1S/C22H32N4O3S/c1-15(2)26-21(16(3)29-19-12-10-18(28-4)11-13-19)24-25-22(26)30-14-20(27)23-17-8-6-5-7-9-17/h10-13,15-17H,5-9,14H2,1-4H3,(H,23,27). The van der Waals surface area contributed by atoms with Gasteiger partial charge in [-0.25, -0.2) is 0 Å². The Kier molecular flexibility index (Phi) is 8.01. The van der Waals surface area contributed by atoms with Crippen LogP contribution in [-0.4, -0.2) is 39.6 Å². The third-order valence-electron chi connectivity index (χ3n) is 5.25. The van der Waals surface area contributed by atoms with E-state index in [1.54, 1.807) is 7.11 Å². The Balaban J connectivity index is 1.62.